The number of benzene rings is 2. The minimum Gasteiger partial charge on any atom is -0.350 e. The number of carbonyl (C=O) groups is 1. The van der Waals surface area contributed by atoms with Gasteiger partial charge in [0, 0.05) is 19.3 Å². The average molecular weight is 464 g/mol. The van der Waals surface area contributed by atoms with Gasteiger partial charge < -0.3 is 15.5 Å². The van der Waals surface area contributed by atoms with E-state index in [-0.39, 0.29) is 42.5 Å². The molecule has 0 saturated carbocycles. The van der Waals surface area contributed by atoms with Crippen LogP contribution in [0.15, 0.2) is 59.6 Å². The lowest BCUT2D eigenvalue weighted by Crippen LogP contribution is -2.45. The summed E-state index contributed by atoms with van der Waals surface area (Å²) in [6, 6.07) is 18.3. The Morgan fingerprint density at radius 3 is 2.58 bits per heavy atom. The third-order valence-corrected chi connectivity index (χ3v) is 4.47. The zero-order chi connectivity index (χ0) is 17.6. The summed E-state index contributed by atoms with van der Waals surface area (Å²) in [5.41, 5.74) is 3.43. The molecule has 1 atom stereocenters. The van der Waals surface area contributed by atoms with Gasteiger partial charge in [0.1, 0.15) is 0 Å². The van der Waals surface area contributed by atoms with Crippen LogP contribution in [-0.4, -0.2) is 32.0 Å². The molecule has 0 fully saturated rings. The van der Waals surface area contributed by atoms with E-state index in [2.05, 4.69) is 40.7 Å². The van der Waals surface area contributed by atoms with Crippen molar-refractivity contribution in [3.05, 3.63) is 65.7 Å². The smallest absolute Gasteiger partial charge is 0.246 e. The van der Waals surface area contributed by atoms with Gasteiger partial charge in [-0.2, -0.15) is 0 Å². The second-order valence-electron chi connectivity index (χ2n) is 6.13. The molecule has 0 radical (unpaired) electrons. The Bertz CT molecular complexity index is 763. The number of nitrogens with zero attached hydrogens (tertiary/aromatic N) is 2. The Balaban J connectivity index is 0.00000243. The van der Waals surface area contributed by atoms with Crippen molar-refractivity contribution in [2.45, 2.75) is 19.4 Å². The number of hydrogen-bond donors (Lipinski definition) is 2. The van der Waals surface area contributed by atoms with Crippen molar-refractivity contribution in [2.24, 2.45) is 4.99 Å². The minimum atomic E-state index is 0. The predicted octanol–water partition coefficient (Wildman–Crippen LogP) is 3.12. The molecule has 2 aromatic rings. The normalized spacial score (nSPS) is 14.2. The lowest BCUT2D eigenvalue weighted by molar-refractivity contribution is -0.117. The maximum atomic E-state index is 12.6. The molecule has 0 aromatic heterocycles. The van der Waals surface area contributed by atoms with Gasteiger partial charge in [-0.1, -0.05) is 48.5 Å². The molecular formula is C20H25IN4O. The van der Waals surface area contributed by atoms with Crippen LogP contribution in [0.2, 0.25) is 0 Å². The molecule has 0 aliphatic carbocycles. The summed E-state index contributed by atoms with van der Waals surface area (Å²) in [5.74, 6) is 0.678. The van der Waals surface area contributed by atoms with Crippen LogP contribution in [0.5, 0.6) is 0 Å². The van der Waals surface area contributed by atoms with E-state index in [4.69, 9.17) is 0 Å². The molecule has 1 aliphatic heterocycles. The Labute approximate surface area is 171 Å². The molecule has 2 N–H and O–H groups in total. The number of amides is 1. The topological polar surface area (TPSA) is 56.7 Å². The highest BCUT2D eigenvalue weighted by molar-refractivity contribution is 14.0. The van der Waals surface area contributed by atoms with E-state index in [1.165, 1.54) is 11.1 Å². The number of nitrogens with one attached hydrogen (secondary N) is 2. The molecule has 138 valence electrons. The van der Waals surface area contributed by atoms with Gasteiger partial charge in [-0.15, -0.1) is 24.0 Å². The summed E-state index contributed by atoms with van der Waals surface area (Å²) < 4.78 is 0. The van der Waals surface area contributed by atoms with Crippen molar-refractivity contribution in [3.8, 4) is 0 Å². The van der Waals surface area contributed by atoms with Crippen molar-refractivity contribution < 1.29 is 4.79 Å². The molecule has 6 heteroatoms. The summed E-state index contributed by atoms with van der Waals surface area (Å²) in [5, 5.41) is 6.44. The standard InChI is InChI=1S/C20H24N4O.HI/c1-15(16-8-4-3-5-9-16)23-20(21-2)22-14-19(25)24-13-12-17-10-6-7-11-18(17)24;/h3-11,15H,12-14H2,1-2H3,(H2,21,22,23);1H. The van der Waals surface area contributed by atoms with E-state index in [0.29, 0.717) is 5.96 Å². The summed E-state index contributed by atoms with van der Waals surface area (Å²) in [4.78, 5) is 18.6. The summed E-state index contributed by atoms with van der Waals surface area (Å²) in [6.45, 7) is 3.03. The number of carbonyl (C=O) groups excluding carboxylic acids is 1. The number of halogens is 1. The first-order valence-corrected chi connectivity index (χ1v) is 8.59. The molecule has 0 bridgehead atoms. The van der Waals surface area contributed by atoms with Gasteiger partial charge >= 0.3 is 0 Å². The van der Waals surface area contributed by atoms with Gasteiger partial charge in [-0.05, 0) is 30.5 Å². The molecule has 26 heavy (non-hydrogen) atoms. The first kappa shape index (κ1) is 20.2. The van der Waals surface area contributed by atoms with Crippen LogP contribution in [0.1, 0.15) is 24.1 Å². The summed E-state index contributed by atoms with van der Waals surface area (Å²) in [7, 11) is 1.71. The lowest BCUT2D eigenvalue weighted by Gasteiger charge is -2.21. The Morgan fingerprint density at radius 2 is 1.85 bits per heavy atom. The summed E-state index contributed by atoms with van der Waals surface area (Å²) >= 11 is 0. The average Bonchev–Trinajstić information content (AvgIpc) is 3.09. The highest BCUT2D eigenvalue weighted by atomic mass is 127. The molecule has 3 rings (SSSR count). The first-order chi connectivity index (χ1) is 12.2. The molecule has 1 amide bonds. The van der Waals surface area contributed by atoms with Crippen LogP contribution in [-0.2, 0) is 11.2 Å². The Hall–Kier alpha value is -2.09. The number of anilines is 1. The predicted molar refractivity (Wildman–Crippen MR) is 117 cm³/mol. The fourth-order valence-electron chi connectivity index (χ4n) is 3.08. The SMILES string of the molecule is CN=C(NCC(=O)N1CCc2ccccc21)NC(C)c1ccccc1.I. The number of aliphatic imine (C=N–C) groups is 1. The number of rotatable bonds is 4. The number of para-hydroxylation sites is 1. The number of guanidine groups is 1. The van der Waals surface area contributed by atoms with Gasteiger partial charge in [0.05, 0.1) is 12.6 Å². The Morgan fingerprint density at radius 1 is 1.15 bits per heavy atom. The molecule has 5 nitrogen and oxygen atoms in total. The third-order valence-electron chi connectivity index (χ3n) is 4.47. The van der Waals surface area contributed by atoms with E-state index >= 15 is 0 Å². The third kappa shape index (κ3) is 4.75. The number of fused-ring (bicyclic) bond motifs is 1. The quantitative estimate of drug-likeness (QED) is 0.416. The zero-order valence-electron chi connectivity index (χ0n) is 15.1. The highest BCUT2D eigenvalue weighted by Crippen LogP contribution is 2.27. The maximum Gasteiger partial charge on any atom is 0.246 e. The Kier molecular flexibility index (Phi) is 7.44. The molecule has 1 heterocycles. The van der Waals surface area contributed by atoms with E-state index in [0.717, 1.165) is 18.7 Å². The first-order valence-electron chi connectivity index (χ1n) is 8.59. The maximum absolute atomic E-state index is 12.6. The van der Waals surface area contributed by atoms with Crippen molar-refractivity contribution >= 4 is 41.5 Å². The number of hydrogen-bond acceptors (Lipinski definition) is 2. The van der Waals surface area contributed by atoms with Gasteiger partial charge in [0.2, 0.25) is 5.91 Å². The molecule has 1 aliphatic rings. The van der Waals surface area contributed by atoms with Crippen LogP contribution in [0.4, 0.5) is 5.69 Å². The van der Waals surface area contributed by atoms with Crippen molar-refractivity contribution in [3.63, 3.8) is 0 Å². The van der Waals surface area contributed by atoms with Crippen molar-refractivity contribution in [1.82, 2.24) is 10.6 Å². The molecular weight excluding hydrogens is 439 g/mol. The van der Waals surface area contributed by atoms with Gasteiger partial charge in [0.15, 0.2) is 5.96 Å². The highest BCUT2D eigenvalue weighted by Gasteiger charge is 2.24. The van der Waals surface area contributed by atoms with E-state index in [1.807, 2.05) is 41.3 Å². The molecule has 0 saturated heterocycles. The van der Waals surface area contributed by atoms with Crippen LogP contribution >= 0.6 is 24.0 Å². The fourth-order valence-corrected chi connectivity index (χ4v) is 3.08. The largest absolute Gasteiger partial charge is 0.350 e. The van der Waals surface area contributed by atoms with Crippen LogP contribution in [0, 0.1) is 0 Å². The van der Waals surface area contributed by atoms with Crippen LogP contribution in [0.25, 0.3) is 0 Å². The minimum absolute atomic E-state index is 0. The van der Waals surface area contributed by atoms with Gasteiger partial charge in [-0.25, -0.2) is 0 Å². The van der Waals surface area contributed by atoms with Crippen LogP contribution in [0.3, 0.4) is 0 Å². The molecule has 1 unspecified atom stereocenters. The second kappa shape index (κ2) is 9.56. The van der Waals surface area contributed by atoms with Gasteiger partial charge in [0.25, 0.3) is 0 Å². The molecule has 2 aromatic carbocycles. The molecule has 0 spiro atoms. The monoisotopic (exact) mass is 464 g/mol. The zero-order valence-corrected chi connectivity index (χ0v) is 17.4. The summed E-state index contributed by atoms with van der Waals surface area (Å²) in [6.07, 6.45) is 0.917. The van der Waals surface area contributed by atoms with Crippen molar-refractivity contribution in [1.29, 1.82) is 0 Å². The second-order valence-corrected chi connectivity index (χ2v) is 6.13. The van der Waals surface area contributed by atoms with Crippen molar-refractivity contribution in [2.75, 3.05) is 25.0 Å². The fraction of sp³-hybridized carbons (Fsp3) is 0.300. The van der Waals surface area contributed by atoms with Gasteiger partial charge in [-0.3, -0.25) is 9.79 Å². The van der Waals surface area contributed by atoms with Crippen LogP contribution < -0.4 is 15.5 Å². The van der Waals surface area contributed by atoms with E-state index in [9.17, 15) is 4.79 Å². The lowest BCUT2D eigenvalue weighted by atomic mass is 10.1. The van der Waals surface area contributed by atoms with E-state index in [1.54, 1.807) is 7.05 Å². The van der Waals surface area contributed by atoms with E-state index < -0.39 is 0 Å².